The van der Waals surface area contributed by atoms with Crippen molar-refractivity contribution in [1.82, 2.24) is 4.90 Å². The maximum Gasteiger partial charge on any atom is 0.120 e. The van der Waals surface area contributed by atoms with Gasteiger partial charge in [-0.25, -0.2) is 0 Å². The standard InChI is InChI=1S/C15H24N2OS/c1-4-8-17(9-5-2)14(15(16)19)12-10-11(3)6-7-13(12)18/h6-7,10,14,18H,4-5,8-9H2,1-3H3,(H2,16,19). The van der Waals surface area contributed by atoms with Crippen LogP contribution in [0, 0.1) is 6.92 Å². The van der Waals surface area contributed by atoms with Crippen LogP contribution in [0.1, 0.15) is 43.9 Å². The van der Waals surface area contributed by atoms with Crippen molar-refractivity contribution in [3.8, 4) is 5.75 Å². The molecular weight excluding hydrogens is 256 g/mol. The van der Waals surface area contributed by atoms with Gasteiger partial charge in [0.2, 0.25) is 0 Å². The van der Waals surface area contributed by atoms with Crippen LogP contribution >= 0.6 is 12.2 Å². The van der Waals surface area contributed by atoms with Crippen molar-refractivity contribution in [2.24, 2.45) is 5.73 Å². The summed E-state index contributed by atoms with van der Waals surface area (Å²) in [6.45, 7) is 8.11. The number of thiocarbonyl (C=S) groups is 1. The Kier molecular flexibility index (Phi) is 6.25. The van der Waals surface area contributed by atoms with E-state index in [1.54, 1.807) is 6.07 Å². The smallest absolute Gasteiger partial charge is 0.120 e. The Labute approximate surface area is 121 Å². The number of aryl methyl sites for hydroxylation is 1. The van der Waals surface area contributed by atoms with Crippen LogP contribution in [0.15, 0.2) is 18.2 Å². The Morgan fingerprint density at radius 1 is 1.32 bits per heavy atom. The first-order chi connectivity index (χ1) is 9.01. The molecule has 0 amide bonds. The van der Waals surface area contributed by atoms with Crippen molar-refractivity contribution in [2.45, 2.75) is 39.7 Å². The molecule has 106 valence electrons. The van der Waals surface area contributed by atoms with Crippen molar-refractivity contribution in [1.29, 1.82) is 0 Å². The minimum atomic E-state index is -0.185. The van der Waals surface area contributed by atoms with Crippen LogP contribution in [-0.4, -0.2) is 28.1 Å². The summed E-state index contributed by atoms with van der Waals surface area (Å²) >= 11 is 5.23. The van der Waals surface area contributed by atoms with E-state index in [4.69, 9.17) is 18.0 Å². The molecule has 3 N–H and O–H groups in total. The van der Waals surface area contributed by atoms with Gasteiger partial charge in [-0.05, 0) is 38.9 Å². The third-order valence-corrected chi connectivity index (χ3v) is 3.36. The number of rotatable bonds is 7. The average molecular weight is 280 g/mol. The van der Waals surface area contributed by atoms with Gasteiger partial charge in [-0.1, -0.05) is 43.8 Å². The lowest BCUT2D eigenvalue weighted by Crippen LogP contribution is -2.38. The second-order valence-corrected chi connectivity index (χ2v) is 5.37. The van der Waals surface area contributed by atoms with Gasteiger partial charge in [0.1, 0.15) is 5.75 Å². The number of phenols is 1. The zero-order valence-corrected chi connectivity index (χ0v) is 12.8. The fraction of sp³-hybridized carbons (Fsp3) is 0.533. The van der Waals surface area contributed by atoms with Crippen LogP contribution in [0.4, 0.5) is 0 Å². The van der Waals surface area contributed by atoms with E-state index in [1.807, 2.05) is 19.1 Å². The first-order valence-corrected chi connectivity index (χ1v) is 7.24. The predicted octanol–water partition coefficient (Wildman–Crippen LogP) is 3.15. The number of hydrogen-bond donors (Lipinski definition) is 2. The van der Waals surface area contributed by atoms with E-state index in [0.717, 1.165) is 37.1 Å². The zero-order valence-electron chi connectivity index (χ0n) is 12.0. The summed E-state index contributed by atoms with van der Waals surface area (Å²) in [5.41, 5.74) is 7.84. The highest BCUT2D eigenvalue weighted by Crippen LogP contribution is 2.30. The van der Waals surface area contributed by atoms with Crippen LogP contribution in [0.5, 0.6) is 5.75 Å². The molecule has 1 unspecified atom stereocenters. The Morgan fingerprint density at radius 2 is 1.89 bits per heavy atom. The Morgan fingerprint density at radius 3 is 2.37 bits per heavy atom. The molecule has 1 aromatic carbocycles. The molecule has 1 aromatic rings. The molecule has 0 bridgehead atoms. The number of nitrogens with zero attached hydrogens (tertiary/aromatic N) is 1. The monoisotopic (exact) mass is 280 g/mol. The van der Waals surface area contributed by atoms with Gasteiger partial charge in [0.25, 0.3) is 0 Å². The van der Waals surface area contributed by atoms with E-state index < -0.39 is 0 Å². The highest BCUT2D eigenvalue weighted by Gasteiger charge is 2.24. The molecule has 0 fully saturated rings. The average Bonchev–Trinajstić information content (AvgIpc) is 2.34. The zero-order chi connectivity index (χ0) is 14.4. The summed E-state index contributed by atoms with van der Waals surface area (Å²) in [5, 5.41) is 10.1. The van der Waals surface area contributed by atoms with Gasteiger partial charge in [0, 0.05) is 5.56 Å². The van der Waals surface area contributed by atoms with E-state index in [9.17, 15) is 5.11 Å². The van der Waals surface area contributed by atoms with Gasteiger partial charge in [-0.3, -0.25) is 4.90 Å². The van der Waals surface area contributed by atoms with Gasteiger partial charge in [-0.2, -0.15) is 0 Å². The Hall–Kier alpha value is -1.13. The van der Waals surface area contributed by atoms with Gasteiger partial charge in [0.15, 0.2) is 0 Å². The molecule has 4 heteroatoms. The van der Waals surface area contributed by atoms with Crippen LogP contribution in [0.2, 0.25) is 0 Å². The topological polar surface area (TPSA) is 49.5 Å². The first-order valence-electron chi connectivity index (χ1n) is 6.84. The summed E-state index contributed by atoms with van der Waals surface area (Å²) in [5.74, 6) is 0.264. The summed E-state index contributed by atoms with van der Waals surface area (Å²) in [4.78, 5) is 2.67. The molecule has 3 nitrogen and oxygen atoms in total. The molecule has 0 saturated heterocycles. The van der Waals surface area contributed by atoms with Gasteiger partial charge in [-0.15, -0.1) is 0 Å². The second-order valence-electron chi connectivity index (χ2n) is 4.90. The fourth-order valence-electron chi connectivity index (χ4n) is 2.37. The number of phenolic OH excluding ortho intramolecular Hbond substituents is 1. The second kappa shape index (κ2) is 7.46. The maximum atomic E-state index is 10.1. The Balaban J connectivity index is 3.17. The summed E-state index contributed by atoms with van der Waals surface area (Å²) < 4.78 is 0. The molecule has 0 aliphatic carbocycles. The molecule has 19 heavy (non-hydrogen) atoms. The van der Waals surface area contributed by atoms with Crippen molar-refractivity contribution >= 4 is 17.2 Å². The van der Waals surface area contributed by atoms with Crippen LogP contribution in [-0.2, 0) is 0 Å². The SMILES string of the molecule is CCCN(CCC)C(C(N)=S)c1cc(C)ccc1O. The van der Waals surface area contributed by atoms with E-state index in [1.165, 1.54) is 0 Å². The van der Waals surface area contributed by atoms with E-state index >= 15 is 0 Å². The predicted molar refractivity (Wildman–Crippen MR) is 84.5 cm³/mol. The van der Waals surface area contributed by atoms with Crippen LogP contribution < -0.4 is 5.73 Å². The van der Waals surface area contributed by atoms with E-state index in [0.29, 0.717) is 4.99 Å². The minimum Gasteiger partial charge on any atom is -0.508 e. The number of nitrogens with two attached hydrogens (primary N) is 1. The first kappa shape index (κ1) is 15.9. The van der Waals surface area contributed by atoms with Crippen LogP contribution in [0.3, 0.4) is 0 Å². The van der Waals surface area contributed by atoms with Crippen molar-refractivity contribution < 1.29 is 5.11 Å². The molecule has 0 spiro atoms. The third-order valence-electron chi connectivity index (χ3n) is 3.13. The lowest BCUT2D eigenvalue weighted by molar-refractivity contribution is 0.241. The molecule has 0 heterocycles. The molecule has 0 aliphatic heterocycles. The highest BCUT2D eigenvalue weighted by molar-refractivity contribution is 7.80. The van der Waals surface area contributed by atoms with Crippen molar-refractivity contribution in [3.05, 3.63) is 29.3 Å². The highest BCUT2D eigenvalue weighted by atomic mass is 32.1. The third kappa shape index (κ3) is 4.18. The number of benzene rings is 1. The van der Waals surface area contributed by atoms with E-state index in [-0.39, 0.29) is 11.8 Å². The van der Waals surface area contributed by atoms with Crippen LogP contribution in [0.25, 0.3) is 0 Å². The molecule has 1 atom stereocenters. The molecule has 0 aliphatic rings. The van der Waals surface area contributed by atoms with Crippen molar-refractivity contribution in [3.63, 3.8) is 0 Å². The summed E-state index contributed by atoms with van der Waals surface area (Å²) in [6, 6.07) is 5.39. The number of hydrogen-bond acceptors (Lipinski definition) is 3. The molecular formula is C15H24N2OS. The molecule has 0 saturated carbocycles. The fourth-order valence-corrected chi connectivity index (χ4v) is 2.64. The molecule has 0 radical (unpaired) electrons. The molecule has 1 rings (SSSR count). The summed E-state index contributed by atoms with van der Waals surface area (Å²) in [7, 11) is 0. The maximum absolute atomic E-state index is 10.1. The quantitative estimate of drug-likeness (QED) is 0.753. The normalized spacial score (nSPS) is 12.6. The lowest BCUT2D eigenvalue weighted by atomic mass is 10.0. The number of aromatic hydroxyl groups is 1. The minimum absolute atomic E-state index is 0.185. The van der Waals surface area contributed by atoms with Crippen molar-refractivity contribution in [2.75, 3.05) is 13.1 Å². The van der Waals surface area contributed by atoms with Gasteiger partial charge < -0.3 is 10.8 Å². The Bertz CT molecular complexity index is 428. The molecule has 0 aromatic heterocycles. The largest absolute Gasteiger partial charge is 0.508 e. The van der Waals surface area contributed by atoms with E-state index in [2.05, 4.69) is 18.7 Å². The van der Waals surface area contributed by atoms with Gasteiger partial charge >= 0.3 is 0 Å². The van der Waals surface area contributed by atoms with Gasteiger partial charge in [0.05, 0.1) is 11.0 Å². The lowest BCUT2D eigenvalue weighted by Gasteiger charge is -2.31. The summed E-state index contributed by atoms with van der Waals surface area (Å²) in [6.07, 6.45) is 2.07.